The largest absolute Gasteiger partial charge is 0.491 e. The van der Waals surface area contributed by atoms with Gasteiger partial charge in [0.25, 0.3) is 0 Å². The summed E-state index contributed by atoms with van der Waals surface area (Å²) >= 11 is 3.07. The van der Waals surface area contributed by atoms with Crippen molar-refractivity contribution in [1.82, 2.24) is 14.9 Å². The molecule has 11 heteroatoms. The number of para-hydroxylation sites is 1. The van der Waals surface area contributed by atoms with Gasteiger partial charge < -0.3 is 25.0 Å². The Morgan fingerprint density at radius 2 is 1.93 bits per heavy atom. The fourth-order valence-corrected chi connectivity index (χ4v) is 7.72. The summed E-state index contributed by atoms with van der Waals surface area (Å²) < 4.78 is 21.5. The van der Waals surface area contributed by atoms with Crippen LogP contribution in [-0.4, -0.2) is 59.7 Å². The van der Waals surface area contributed by atoms with E-state index in [1.807, 2.05) is 38.4 Å². The highest BCUT2D eigenvalue weighted by atomic mass is 32.1. The predicted octanol–water partition coefficient (Wildman–Crippen LogP) is 7.27. The molecule has 0 amide bonds. The Labute approximate surface area is 276 Å². The molecule has 0 fully saturated rings. The first kappa shape index (κ1) is 31.9. The first-order chi connectivity index (χ1) is 22.3. The van der Waals surface area contributed by atoms with Gasteiger partial charge in [-0.2, -0.15) is 0 Å². The number of hydrogen-bond acceptors (Lipinski definition) is 9. The van der Waals surface area contributed by atoms with Gasteiger partial charge in [-0.15, -0.1) is 11.3 Å². The second kappa shape index (κ2) is 14.6. The number of aryl methyl sites for hydroxylation is 2. The Kier molecular flexibility index (Phi) is 10.1. The minimum atomic E-state index is -1.03. The number of ether oxygens (including phenoxy) is 1. The Hall–Kier alpha value is -4.06. The number of fused-ring (bicyclic) bond motifs is 2. The van der Waals surface area contributed by atoms with Crippen molar-refractivity contribution in [3.63, 3.8) is 0 Å². The molecule has 3 aromatic carbocycles. The zero-order valence-corrected chi connectivity index (χ0v) is 27.7. The average molecular weight is 660 g/mol. The summed E-state index contributed by atoms with van der Waals surface area (Å²) in [4.78, 5) is 26.4. The van der Waals surface area contributed by atoms with E-state index in [0.29, 0.717) is 35.9 Å². The minimum absolute atomic E-state index is 0.0878. The van der Waals surface area contributed by atoms with Gasteiger partial charge in [-0.05, 0) is 99.3 Å². The number of benzene rings is 3. The van der Waals surface area contributed by atoms with Gasteiger partial charge in [-0.3, -0.25) is 0 Å². The Balaban J connectivity index is 1.07. The number of carbonyl (C=O) groups is 1. The fourth-order valence-electron chi connectivity index (χ4n) is 5.74. The molecule has 1 aliphatic heterocycles. The molecule has 0 saturated heterocycles. The smallest absolute Gasteiger partial charge is 0.355 e. The van der Waals surface area contributed by atoms with Crippen molar-refractivity contribution in [2.45, 2.75) is 45.2 Å². The molecule has 2 aromatic heterocycles. The van der Waals surface area contributed by atoms with Crippen molar-refractivity contribution in [2.75, 3.05) is 44.0 Å². The van der Waals surface area contributed by atoms with Crippen LogP contribution in [0.3, 0.4) is 0 Å². The quantitative estimate of drug-likeness (QED) is 0.120. The molecule has 0 aliphatic carbocycles. The molecule has 5 aromatic rings. The molecule has 0 bridgehead atoms. The molecule has 0 spiro atoms. The van der Waals surface area contributed by atoms with E-state index >= 15 is 0 Å². The van der Waals surface area contributed by atoms with E-state index in [4.69, 9.17) is 9.72 Å². The third-order valence-corrected chi connectivity index (χ3v) is 10.3. The maximum atomic E-state index is 14.6. The Morgan fingerprint density at radius 1 is 1.07 bits per heavy atom. The highest BCUT2D eigenvalue weighted by Gasteiger charge is 2.25. The van der Waals surface area contributed by atoms with Crippen LogP contribution in [0.15, 0.2) is 60.7 Å². The van der Waals surface area contributed by atoms with Gasteiger partial charge in [-0.25, -0.2) is 19.2 Å². The molecule has 6 rings (SSSR count). The van der Waals surface area contributed by atoms with Crippen LogP contribution >= 0.6 is 22.7 Å². The lowest BCUT2D eigenvalue weighted by molar-refractivity contribution is 0.0690. The van der Waals surface area contributed by atoms with Gasteiger partial charge in [-0.1, -0.05) is 47.7 Å². The molecule has 8 nitrogen and oxygen atoms in total. The molecular formula is C35H38FN5O3S2. The monoisotopic (exact) mass is 659 g/mol. The summed E-state index contributed by atoms with van der Waals surface area (Å²) in [5, 5.41) is 15.0. The molecule has 1 aliphatic rings. The number of rotatable bonds is 14. The molecule has 240 valence electrons. The SMILES string of the molecule is CN(C)CCCc1ccc(OCCCc2sc(N3CCc4cccc(CNc5nc6ccccc6s5)c4C3)nc2C(=O)O)c(F)c1. The lowest BCUT2D eigenvalue weighted by atomic mass is 9.95. The molecule has 0 atom stereocenters. The number of hydrogen-bond donors (Lipinski definition) is 2. The molecule has 46 heavy (non-hydrogen) atoms. The van der Waals surface area contributed by atoms with Gasteiger partial charge in [0.15, 0.2) is 27.5 Å². The van der Waals surface area contributed by atoms with Crippen LogP contribution in [0.5, 0.6) is 5.75 Å². The summed E-state index contributed by atoms with van der Waals surface area (Å²) in [6, 6.07) is 19.7. The maximum absolute atomic E-state index is 14.6. The van der Waals surface area contributed by atoms with E-state index in [9.17, 15) is 14.3 Å². The highest BCUT2D eigenvalue weighted by molar-refractivity contribution is 7.22. The number of aromatic carboxylic acids is 1. The molecule has 0 unspecified atom stereocenters. The molecule has 3 heterocycles. The van der Waals surface area contributed by atoms with E-state index < -0.39 is 5.97 Å². The van der Waals surface area contributed by atoms with Crippen LogP contribution in [-0.2, 0) is 32.4 Å². The first-order valence-electron chi connectivity index (χ1n) is 15.6. The van der Waals surface area contributed by atoms with Gasteiger partial charge in [0.1, 0.15) is 0 Å². The van der Waals surface area contributed by atoms with E-state index in [2.05, 4.69) is 44.4 Å². The van der Waals surface area contributed by atoms with Crippen LogP contribution in [0.2, 0.25) is 0 Å². The van der Waals surface area contributed by atoms with Crippen molar-refractivity contribution in [3.05, 3.63) is 99.3 Å². The van der Waals surface area contributed by atoms with Gasteiger partial charge in [0.05, 0.1) is 16.8 Å². The van der Waals surface area contributed by atoms with Crippen LogP contribution in [0.1, 0.15) is 50.5 Å². The number of anilines is 2. The number of halogens is 1. The minimum Gasteiger partial charge on any atom is -0.491 e. The second-order valence-electron chi connectivity index (χ2n) is 11.8. The van der Waals surface area contributed by atoms with Crippen molar-refractivity contribution < 1.29 is 19.0 Å². The van der Waals surface area contributed by atoms with E-state index in [1.54, 1.807) is 23.5 Å². The third-order valence-electron chi connectivity index (χ3n) is 8.13. The number of aromatic nitrogens is 2. The lowest BCUT2D eigenvalue weighted by Gasteiger charge is -2.30. The number of carboxylic acid groups (broad SMARTS) is 1. The van der Waals surface area contributed by atoms with E-state index in [1.165, 1.54) is 28.0 Å². The average Bonchev–Trinajstić information content (AvgIpc) is 3.67. The molecule has 0 saturated carbocycles. The zero-order chi connectivity index (χ0) is 32.0. The van der Waals surface area contributed by atoms with Crippen LogP contribution < -0.4 is 15.0 Å². The molecular weight excluding hydrogens is 622 g/mol. The fraction of sp³-hybridized carbons (Fsp3) is 0.343. The normalized spacial score (nSPS) is 12.9. The van der Waals surface area contributed by atoms with Crippen molar-refractivity contribution in [2.24, 2.45) is 0 Å². The summed E-state index contributed by atoms with van der Waals surface area (Å²) in [6.45, 7) is 3.31. The number of carboxylic acids is 1. The van der Waals surface area contributed by atoms with Gasteiger partial charge in [0, 0.05) is 24.5 Å². The maximum Gasteiger partial charge on any atom is 0.355 e. The summed E-state index contributed by atoms with van der Waals surface area (Å²) in [6.07, 6.45) is 3.67. The molecule has 2 N–H and O–H groups in total. The Bertz CT molecular complexity index is 1790. The van der Waals surface area contributed by atoms with Crippen molar-refractivity contribution in [1.29, 1.82) is 0 Å². The molecule has 0 radical (unpaired) electrons. The van der Waals surface area contributed by atoms with Gasteiger partial charge in [0.2, 0.25) is 0 Å². The Morgan fingerprint density at radius 3 is 2.74 bits per heavy atom. The standard InChI is InChI=1S/C35H38FN5O3S2/c1-40(2)17-6-8-23-14-15-29(27(36)20-23)44-19-7-13-31-32(33(42)43)39-35(46-31)41-18-16-24-9-5-10-25(26(24)22-41)21-37-34-38-28-11-3-4-12-30(28)45-34/h3-5,9-12,14-15,20H,6-8,13,16-19,21-22H2,1-2H3,(H,37,38)(H,42,43). The second-order valence-corrected chi connectivity index (χ2v) is 13.9. The van der Waals surface area contributed by atoms with E-state index in [0.717, 1.165) is 53.3 Å². The third kappa shape index (κ3) is 7.66. The first-order valence-corrected chi connectivity index (χ1v) is 17.2. The van der Waals surface area contributed by atoms with E-state index in [-0.39, 0.29) is 23.9 Å². The topological polar surface area (TPSA) is 90.8 Å². The number of nitrogens with one attached hydrogen (secondary N) is 1. The zero-order valence-electron chi connectivity index (χ0n) is 26.1. The highest BCUT2D eigenvalue weighted by Crippen LogP contribution is 2.33. The van der Waals surface area contributed by atoms with Crippen molar-refractivity contribution in [3.8, 4) is 5.75 Å². The summed E-state index contributed by atoms with van der Waals surface area (Å²) in [5.74, 6) is -1.18. The number of thiazole rings is 2. The van der Waals surface area contributed by atoms with Crippen LogP contribution in [0, 0.1) is 5.82 Å². The summed E-state index contributed by atoms with van der Waals surface area (Å²) in [7, 11) is 4.05. The summed E-state index contributed by atoms with van der Waals surface area (Å²) in [5.41, 5.74) is 5.78. The van der Waals surface area contributed by atoms with Crippen LogP contribution in [0.4, 0.5) is 14.7 Å². The number of nitrogens with zero attached hydrogens (tertiary/aromatic N) is 4. The van der Waals surface area contributed by atoms with Crippen molar-refractivity contribution >= 4 is 49.1 Å². The predicted molar refractivity (Wildman–Crippen MR) is 184 cm³/mol. The van der Waals surface area contributed by atoms with Crippen LogP contribution in [0.25, 0.3) is 10.2 Å². The van der Waals surface area contributed by atoms with Gasteiger partial charge >= 0.3 is 5.97 Å². The lowest BCUT2D eigenvalue weighted by Crippen LogP contribution is -2.31.